The van der Waals surface area contributed by atoms with Gasteiger partial charge in [-0.15, -0.1) is 0 Å². The molecule has 6 nitrogen and oxygen atoms in total. The molecule has 0 spiro atoms. The van der Waals surface area contributed by atoms with E-state index >= 15 is 0 Å². The van der Waals surface area contributed by atoms with Gasteiger partial charge in [-0.2, -0.15) is 5.26 Å². The highest BCUT2D eigenvalue weighted by molar-refractivity contribution is 5.60. The lowest BCUT2D eigenvalue weighted by Crippen LogP contribution is -2.04. The average Bonchev–Trinajstić information content (AvgIpc) is 2.36. The van der Waals surface area contributed by atoms with Crippen molar-refractivity contribution in [2.75, 3.05) is 13.2 Å². The molecule has 1 aromatic rings. The average molecular weight is 250 g/mol. The molecule has 96 valence electrons. The first kappa shape index (κ1) is 13.8. The summed E-state index contributed by atoms with van der Waals surface area (Å²) >= 11 is 0. The van der Waals surface area contributed by atoms with E-state index in [-0.39, 0.29) is 22.7 Å². The minimum absolute atomic E-state index is 0.0858. The zero-order chi connectivity index (χ0) is 13.5. The van der Waals surface area contributed by atoms with Gasteiger partial charge < -0.3 is 9.47 Å². The van der Waals surface area contributed by atoms with Crippen molar-refractivity contribution in [3.8, 4) is 17.6 Å². The molecule has 0 N–H and O–H groups in total. The summed E-state index contributed by atoms with van der Waals surface area (Å²) < 4.78 is 10.6. The minimum Gasteiger partial charge on any atom is -0.490 e. The van der Waals surface area contributed by atoms with Gasteiger partial charge in [-0.05, 0) is 13.3 Å². The van der Waals surface area contributed by atoms with Crippen molar-refractivity contribution in [1.29, 1.82) is 5.26 Å². The fourth-order valence-electron chi connectivity index (χ4n) is 1.40. The van der Waals surface area contributed by atoms with Crippen molar-refractivity contribution in [1.82, 2.24) is 0 Å². The van der Waals surface area contributed by atoms with Crippen molar-refractivity contribution >= 4 is 5.69 Å². The summed E-state index contributed by atoms with van der Waals surface area (Å²) in [6, 6.07) is 4.50. The maximum Gasteiger partial charge on any atom is 0.316 e. The number of hydrogen-bond acceptors (Lipinski definition) is 5. The molecule has 0 heterocycles. The zero-order valence-corrected chi connectivity index (χ0v) is 10.3. The Morgan fingerprint density at radius 3 is 2.61 bits per heavy atom. The van der Waals surface area contributed by atoms with Crippen molar-refractivity contribution in [2.45, 2.75) is 20.3 Å². The molecule has 0 aliphatic heterocycles. The Balaban J connectivity index is 3.31. The van der Waals surface area contributed by atoms with Gasteiger partial charge in [0.2, 0.25) is 5.75 Å². The normalized spacial score (nSPS) is 9.61. The van der Waals surface area contributed by atoms with Gasteiger partial charge in [0.25, 0.3) is 0 Å². The highest BCUT2D eigenvalue weighted by atomic mass is 16.6. The number of rotatable bonds is 6. The Kier molecular flexibility index (Phi) is 4.93. The van der Waals surface area contributed by atoms with Crippen LogP contribution in [0.2, 0.25) is 0 Å². The number of nitriles is 1. The van der Waals surface area contributed by atoms with Gasteiger partial charge in [0.05, 0.1) is 29.8 Å². The molecule has 0 aliphatic carbocycles. The Morgan fingerprint density at radius 2 is 2.11 bits per heavy atom. The standard InChI is InChI=1S/C12H14N2O4/c1-3-5-18-12-10(14(15)16)6-9(8-13)7-11(12)17-4-2/h6-7H,3-5H2,1-2H3. The summed E-state index contributed by atoms with van der Waals surface area (Å²) in [5.41, 5.74) is -0.0695. The van der Waals surface area contributed by atoms with E-state index in [4.69, 9.17) is 14.7 Å². The zero-order valence-electron chi connectivity index (χ0n) is 10.3. The van der Waals surface area contributed by atoms with Crippen molar-refractivity contribution < 1.29 is 14.4 Å². The molecule has 0 aliphatic rings. The van der Waals surface area contributed by atoms with E-state index in [9.17, 15) is 10.1 Å². The van der Waals surface area contributed by atoms with Crippen LogP contribution < -0.4 is 9.47 Å². The largest absolute Gasteiger partial charge is 0.490 e. The Bertz CT molecular complexity index is 480. The number of ether oxygens (including phenoxy) is 2. The summed E-state index contributed by atoms with van der Waals surface area (Å²) in [6.07, 6.45) is 0.725. The van der Waals surface area contributed by atoms with Crippen LogP contribution in [0.1, 0.15) is 25.8 Å². The second kappa shape index (κ2) is 6.45. The Hall–Kier alpha value is -2.29. The predicted molar refractivity (Wildman–Crippen MR) is 64.8 cm³/mol. The fourth-order valence-corrected chi connectivity index (χ4v) is 1.40. The smallest absolute Gasteiger partial charge is 0.316 e. The van der Waals surface area contributed by atoms with E-state index in [0.29, 0.717) is 13.2 Å². The maximum atomic E-state index is 11.0. The van der Waals surface area contributed by atoms with E-state index in [0.717, 1.165) is 6.42 Å². The van der Waals surface area contributed by atoms with Gasteiger partial charge in [0.15, 0.2) is 5.75 Å². The molecular formula is C12H14N2O4. The van der Waals surface area contributed by atoms with Gasteiger partial charge in [0.1, 0.15) is 0 Å². The van der Waals surface area contributed by atoms with Crippen LogP contribution in [0.15, 0.2) is 12.1 Å². The lowest BCUT2D eigenvalue weighted by Gasteiger charge is -2.11. The van der Waals surface area contributed by atoms with E-state index in [1.165, 1.54) is 12.1 Å². The molecule has 0 unspecified atom stereocenters. The van der Waals surface area contributed by atoms with Crippen LogP contribution in [-0.2, 0) is 0 Å². The first-order chi connectivity index (χ1) is 8.63. The minimum atomic E-state index is -0.575. The molecule has 0 atom stereocenters. The van der Waals surface area contributed by atoms with Gasteiger partial charge >= 0.3 is 5.69 Å². The summed E-state index contributed by atoms with van der Waals surface area (Å²) in [5, 5.41) is 19.8. The Morgan fingerprint density at radius 1 is 1.39 bits per heavy atom. The van der Waals surface area contributed by atoms with Crippen LogP contribution in [0, 0.1) is 21.4 Å². The van der Waals surface area contributed by atoms with E-state index < -0.39 is 4.92 Å². The molecule has 0 amide bonds. The lowest BCUT2D eigenvalue weighted by atomic mass is 10.2. The molecule has 0 aromatic heterocycles. The van der Waals surface area contributed by atoms with Crippen LogP contribution in [0.25, 0.3) is 0 Å². The van der Waals surface area contributed by atoms with Crippen molar-refractivity contribution in [3.63, 3.8) is 0 Å². The van der Waals surface area contributed by atoms with E-state index in [2.05, 4.69) is 0 Å². The van der Waals surface area contributed by atoms with Crippen LogP contribution >= 0.6 is 0 Å². The monoisotopic (exact) mass is 250 g/mol. The topological polar surface area (TPSA) is 85.4 Å². The van der Waals surface area contributed by atoms with Gasteiger partial charge in [-0.25, -0.2) is 0 Å². The van der Waals surface area contributed by atoms with Gasteiger partial charge in [-0.1, -0.05) is 6.92 Å². The third kappa shape index (κ3) is 3.10. The van der Waals surface area contributed by atoms with Crippen LogP contribution in [0.5, 0.6) is 11.5 Å². The molecular weight excluding hydrogens is 236 g/mol. The quantitative estimate of drug-likeness (QED) is 0.572. The number of nitrogens with zero attached hydrogens (tertiary/aromatic N) is 2. The first-order valence-corrected chi connectivity index (χ1v) is 5.62. The molecule has 0 fully saturated rings. The third-order valence-electron chi connectivity index (χ3n) is 2.11. The second-order valence-corrected chi connectivity index (χ2v) is 3.47. The van der Waals surface area contributed by atoms with Crippen LogP contribution in [0.3, 0.4) is 0 Å². The number of nitro benzene ring substituents is 1. The molecule has 18 heavy (non-hydrogen) atoms. The first-order valence-electron chi connectivity index (χ1n) is 5.62. The molecule has 0 saturated heterocycles. The fraction of sp³-hybridized carbons (Fsp3) is 0.417. The molecule has 0 bridgehead atoms. The lowest BCUT2D eigenvalue weighted by molar-refractivity contribution is -0.386. The number of nitro groups is 1. The van der Waals surface area contributed by atoms with Gasteiger partial charge in [-0.3, -0.25) is 10.1 Å². The molecule has 6 heteroatoms. The third-order valence-corrected chi connectivity index (χ3v) is 2.11. The van der Waals surface area contributed by atoms with E-state index in [1.807, 2.05) is 13.0 Å². The second-order valence-electron chi connectivity index (χ2n) is 3.47. The molecule has 1 rings (SSSR count). The summed E-state index contributed by atoms with van der Waals surface area (Å²) in [5.74, 6) is 0.319. The van der Waals surface area contributed by atoms with Crippen molar-refractivity contribution in [3.05, 3.63) is 27.8 Å². The Labute approximate surface area is 105 Å². The molecule has 1 aromatic carbocycles. The van der Waals surface area contributed by atoms with Crippen LogP contribution in [-0.4, -0.2) is 18.1 Å². The SMILES string of the molecule is CCCOc1c(OCC)cc(C#N)cc1[N+](=O)[O-]. The number of hydrogen-bond donors (Lipinski definition) is 0. The highest BCUT2D eigenvalue weighted by Crippen LogP contribution is 2.38. The van der Waals surface area contributed by atoms with Crippen LogP contribution in [0.4, 0.5) is 5.69 Å². The molecule has 0 saturated carbocycles. The predicted octanol–water partition coefficient (Wildman–Crippen LogP) is 2.65. The van der Waals surface area contributed by atoms with Crippen molar-refractivity contribution in [2.24, 2.45) is 0 Å². The maximum absolute atomic E-state index is 11.0. The van der Waals surface area contributed by atoms with E-state index in [1.54, 1.807) is 6.92 Å². The summed E-state index contributed by atoms with van der Waals surface area (Å²) in [6.45, 7) is 4.35. The number of benzene rings is 1. The summed E-state index contributed by atoms with van der Waals surface area (Å²) in [7, 11) is 0. The van der Waals surface area contributed by atoms with Gasteiger partial charge in [0, 0.05) is 12.1 Å². The highest BCUT2D eigenvalue weighted by Gasteiger charge is 2.22. The molecule has 0 radical (unpaired) electrons. The summed E-state index contributed by atoms with van der Waals surface area (Å²) in [4.78, 5) is 10.4.